The number of benzene rings is 3. The largest absolute Gasteiger partial charge is 0.507 e. The SMILES string of the molecule is O=C1C(=O)N(c2nc3ccc(Cl)cc3s2)C(c2ccc(Cl)cc2)/C1=C(\O)c1ccccc1. The molecule has 0 bridgehead atoms. The van der Waals surface area contributed by atoms with Gasteiger partial charge in [-0.1, -0.05) is 77.0 Å². The third-order valence-electron chi connectivity index (χ3n) is 5.22. The van der Waals surface area contributed by atoms with Gasteiger partial charge >= 0.3 is 5.91 Å². The molecule has 1 aromatic heterocycles. The molecule has 0 saturated carbocycles. The van der Waals surface area contributed by atoms with Gasteiger partial charge in [0.1, 0.15) is 5.76 Å². The predicted octanol–water partition coefficient (Wildman–Crippen LogP) is 6.23. The van der Waals surface area contributed by atoms with Gasteiger partial charge in [-0.05, 0) is 35.9 Å². The third-order valence-corrected chi connectivity index (χ3v) is 6.73. The van der Waals surface area contributed by atoms with Crippen LogP contribution in [0.15, 0.2) is 78.4 Å². The first kappa shape index (κ1) is 20.7. The van der Waals surface area contributed by atoms with Crippen molar-refractivity contribution in [3.8, 4) is 0 Å². The fraction of sp³-hybridized carbons (Fsp3) is 0.0417. The number of Topliss-reactive ketones (excluding diaryl/α,β-unsaturated/α-hetero) is 1. The van der Waals surface area contributed by atoms with Crippen molar-refractivity contribution in [2.45, 2.75) is 6.04 Å². The van der Waals surface area contributed by atoms with Gasteiger partial charge in [0.2, 0.25) is 0 Å². The van der Waals surface area contributed by atoms with Crippen molar-refractivity contribution in [3.63, 3.8) is 0 Å². The maximum Gasteiger partial charge on any atom is 0.301 e. The van der Waals surface area contributed by atoms with E-state index in [0.29, 0.717) is 31.8 Å². The number of carbonyl (C=O) groups excluding carboxylic acids is 2. The number of ketones is 1. The molecule has 3 aromatic carbocycles. The second-order valence-corrected chi connectivity index (χ2v) is 9.08. The lowest BCUT2D eigenvalue weighted by Gasteiger charge is -2.23. The summed E-state index contributed by atoms with van der Waals surface area (Å²) in [7, 11) is 0. The molecular weight excluding hydrogens is 467 g/mol. The lowest BCUT2D eigenvalue weighted by Crippen LogP contribution is -2.29. The average molecular weight is 481 g/mol. The molecule has 1 fully saturated rings. The number of rotatable bonds is 3. The molecule has 1 atom stereocenters. The molecule has 8 heteroatoms. The minimum Gasteiger partial charge on any atom is -0.507 e. The van der Waals surface area contributed by atoms with E-state index in [4.69, 9.17) is 23.2 Å². The first-order chi connectivity index (χ1) is 15.4. The van der Waals surface area contributed by atoms with E-state index in [1.807, 2.05) is 0 Å². The summed E-state index contributed by atoms with van der Waals surface area (Å²) < 4.78 is 0.785. The molecular formula is C24H14Cl2N2O3S. The summed E-state index contributed by atoms with van der Waals surface area (Å²) in [5.74, 6) is -1.77. The van der Waals surface area contributed by atoms with E-state index in [1.54, 1.807) is 72.8 Å². The first-order valence-electron chi connectivity index (χ1n) is 9.62. The molecule has 0 aliphatic carbocycles. The van der Waals surface area contributed by atoms with Gasteiger partial charge < -0.3 is 5.11 Å². The highest BCUT2D eigenvalue weighted by Crippen LogP contribution is 2.44. The minimum atomic E-state index is -0.858. The summed E-state index contributed by atoms with van der Waals surface area (Å²) >= 11 is 13.4. The van der Waals surface area contributed by atoms with Gasteiger partial charge in [-0.2, -0.15) is 0 Å². The van der Waals surface area contributed by atoms with Gasteiger partial charge in [0.15, 0.2) is 5.13 Å². The van der Waals surface area contributed by atoms with Crippen molar-refractivity contribution in [1.29, 1.82) is 0 Å². The zero-order valence-corrected chi connectivity index (χ0v) is 18.7. The number of anilines is 1. The summed E-state index contributed by atoms with van der Waals surface area (Å²) in [4.78, 5) is 32.2. The van der Waals surface area contributed by atoms with Crippen LogP contribution >= 0.6 is 34.5 Å². The fourth-order valence-corrected chi connectivity index (χ4v) is 5.13. The predicted molar refractivity (Wildman–Crippen MR) is 127 cm³/mol. The monoisotopic (exact) mass is 480 g/mol. The molecule has 5 nitrogen and oxygen atoms in total. The summed E-state index contributed by atoms with van der Waals surface area (Å²) in [6, 6.07) is 19.9. The van der Waals surface area contributed by atoms with Crippen molar-refractivity contribution in [2.75, 3.05) is 4.90 Å². The molecule has 1 aliphatic heterocycles. The standard InChI is InChI=1S/C24H14Cl2N2O3S/c25-15-8-6-13(7-9-15)20-19(21(29)14-4-2-1-3-5-14)22(30)23(31)28(20)24-27-17-11-10-16(26)12-18(17)32-24/h1-12,20,29H/b21-19+. The second-order valence-electron chi connectivity index (χ2n) is 7.20. The number of fused-ring (bicyclic) bond motifs is 1. The van der Waals surface area contributed by atoms with Crippen LogP contribution in [0, 0.1) is 0 Å². The molecule has 1 N–H and O–H groups in total. The van der Waals surface area contributed by atoms with Crippen molar-refractivity contribution in [1.82, 2.24) is 4.98 Å². The number of hydrogen-bond donors (Lipinski definition) is 1. The van der Waals surface area contributed by atoms with Gasteiger partial charge in [0, 0.05) is 15.6 Å². The average Bonchev–Trinajstić information content (AvgIpc) is 3.32. The second kappa shape index (κ2) is 8.06. The summed E-state index contributed by atoms with van der Waals surface area (Å²) in [6.45, 7) is 0. The maximum absolute atomic E-state index is 13.2. The lowest BCUT2D eigenvalue weighted by molar-refractivity contribution is -0.132. The number of aromatic nitrogens is 1. The van der Waals surface area contributed by atoms with Crippen LogP contribution in [0.2, 0.25) is 10.0 Å². The van der Waals surface area contributed by atoms with Gasteiger partial charge in [0.05, 0.1) is 21.8 Å². The Labute approximate surface area is 197 Å². The Bertz CT molecular complexity index is 1400. The number of nitrogens with zero attached hydrogens (tertiary/aromatic N) is 2. The number of thiazole rings is 1. The number of aliphatic hydroxyl groups excluding tert-OH is 1. The number of hydrogen-bond acceptors (Lipinski definition) is 5. The lowest BCUT2D eigenvalue weighted by atomic mass is 9.95. The molecule has 0 spiro atoms. The Morgan fingerprint density at radius 3 is 2.34 bits per heavy atom. The summed E-state index contributed by atoms with van der Waals surface area (Å²) in [6.07, 6.45) is 0. The number of amides is 1. The van der Waals surface area contributed by atoms with E-state index in [9.17, 15) is 14.7 Å². The van der Waals surface area contributed by atoms with E-state index in [0.717, 1.165) is 4.70 Å². The highest BCUT2D eigenvalue weighted by atomic mass is 35.5. The fourth-order valence-electron chi connectivity index (χ4n) is 3.73. The molecule has 32 heavy (non-hydrogen) atoms. The maximum atomic E-state index is 13.2. The normalized spacial score (nSPS) is 17.9. The molecule has 4 aromatic rings. The van der Waals surface area contributed by atoms with E-state index < -0.39 is 17.7 Å². The minimum absolute atomic E-state index is 0.000751. The van der Waals surface area contributed by atoms with Crippen LogP contribution in [-0.2, 0) is 9.59 Å². The molecule has 2 heterocycles. The first-order valence-corrected chi connectivity index (χ1v) is 11.2. The Morgan fingerprint density at radius 1 is 0.938 bits per heavy atom. The Hall–Kier alpha value is -3.19. The number of aliphatic hydroxyl groups is 1. The van der Waals surface area contributed by atoms with E-state index >= 15 is 0 Å². The van der Waals surface area contributed by atoms with Gasteiger partial charge in [-0.25, -0.2) is 4.98 Å². The van der Waals surface area contributed by atoms with Crippen LogP contribution in [0.25, 0.3) is 16.0 Å². The smallest absolute Gasteiger partial charge is 0.301 e. The summed E-state index contributed by atoms with van der Waals surface area (Å²) in [5.41, 5.74) is 1.74. The molecule has 5 rings (SSSR count). The van der Waals surface area contributed by atoms with Crippen LogP contribution in [0.4, 0.5) is 5.13 Å². The van der Waals surface area contributed by atoms with Crippen molar-refractivity contribution < 1.29 is 14.7 Å². The zero-order valence-electron chi connectivity index (χ0n) is 16.3. The summed E-state index contributed by atoms with van der Waals surface area (Å²) in [5, 5.41) is 12.5. The molecule has 158 valence electrons. The molecule has 1 saturated heterocycles. The highest BCUT2D eigenvalue weighted by Gasteiger charge is 2.48. The van der Waals surface area contributed by atoms with Crippen LogP contribution in [0.1, 0.15) is 17.2 Å². The zero-order chi connectivity index (χ0) is 22.4. The van der Waals surface area contributed by atoms with E-state index in [1.165, 1.54) is 16.2 Å². The van der Waals surface area contributed by atoms with E-state index in [-0.39, 0.29) is 11.3 Å². The number of carbonyl (C=O) groups is 2. The van der Waals surface area contributed by atoms with Crippen molar-refractivity contribution >= 4 is 67.3 Å². The molecule has 1 amide bonds. The third kappa shape index (κ3) is 3.46. The Kier molecular flexibility index (Phi) is 5.21. The quantitative estimate of drug-likeness (QED) is 0.214. The van der Waals surface area contributed by atoms with Crippen molar-refractivity contribution in [3.05, 3.63) is 99.5 Å². The van der Waals surface area contributed by atoms with E-state index in [2.05, 4.69) is 4.98 Å². The molecule has 1 aliphatic rings. The van der Waals surface area contributed by atoms with Crippen LogP contribution in [-0.4, -0.2) is 21.8 Å². The highest BCUT2D eigenvalue weighted by molar-refractivity contribution is 7.22. The topological polar surface area (TPSA) is 70.5 Å². The Balaban J connectivity index is 1.73. The molecule has 1 unspecified atom stereocenters. The molecule has 0 radical (unpaired) electrons. The van der Waals surface area contributed by atoms with Gasteiger partial charge in [0.25, 0.3) is 5.78 Å². The van der Waals surface area contributed by atoms with Crippen LogP contribution in [0.5, 0.6) is 0 Å². The number of halogens is 2. The Morgan fingerprint density at radius 2 is 1.62 bits per heavy atom. The van der Waals surface area contributed by atoms with Crippen LogP contribution in [0.3, 0.4) is 0 Å². The van der Waals surface area contributed by atoms with Crippen molar-refractivity contribution in [2.24, 2.45) is 0 Å². The van der Waals surface area contributed by atoms with Gasteiger partial charge in [-0.15, -0.1) is 0 Å². The van der Waals surface area contributed by atoms with Crippen LogP contribution < -0.4 is 4.90 Å². The van der Waals surface area contributed by atoms with Gasteiger partial charge in [-0.3, -0.25) is 14.5 Å².